The van der Waals surface area contributed by atoms with Crippen LogP contribution in [0.25, 0.3) is 0 Å². The zero-order valence-corrected chi connectivity index (χ0v) is 20.8. The van der Waals surface area contributed by atoms with Crippen LogP contribution in [0.4, 0.5) is 13.9 Å². The first-order valence-corrected chi connectivity index (χ1v) is 10.5. The molecule has 1 aliphatic rings. The Labute approximate surface area is 201 Å². The first-order chi connectivity index (χ1) is 14.5. The molecule has 1 saturated heterocycles. The Hall–Kier alpha value is -1.96. The van der Waals surface area contributed by atoms with Crippen molar-refractivity contribution >= 4 is 46.6 Å². The third kappa shape index (κ3) is 6.76. The van der Waals surface area contributed by atoms with Crippen LogP contribution in [0.2, 0.25) is 0 Å². The van der Waals surface area contributed by atoms with E-state index in [1.54, 1.807) is 25.2 Å². The van der Waals surface area contributed by atoms with Crippen molar-refractivity contribution in [3.63, 3.8) is 0 Å². The van der Waals surface area contributed by atoms with Crippen molar-refractivity contribution in [2.24, 2.45) is 4.99 Å². The smallest absolute Gasteiger partial charge is 0.387 e. The molecule has 0 aliphatic carbocycles. The average molecular weight is 568 g/mol. The number of nitrogens with zero attached hydrogens (tertiary/aromatic N) is 5. The van der Waals surface area contributed by atoms with E-state index in [4.69, 9.17) is 4.74 Å². The summed E-state index contributed by atoms with van der Waals surface area (Å²) in [6.07, 6.45) is 0.836. The Bertz CT molecular complexity index is 862. The van der Waals surface area contributed by atoms with Gasteiger partial charge in [-0.25, -0.2) is 4.98 Å². The van der Waals surface area contributed by atoms with Crippen LogP contribution in [0.3, 0.4) is 0 Å². The van der Waals surface area contributed by atoms with Gasteiger partial charge in [0.05, 0.1) is 7.11 Å². The van der Waals surface area contributed by atoms with Gasteiger partial charge in [0.25, 0.3) is 0 Å². The Kier molecular flexibility index (Phi) is 9.93. The van der Waals surface area contributed by atoms with Crippen LogP contribution in [-0.2, 0) is 13.0 Å². The van der Waals surface area contributed by atoms with E-state index in [1.165, 1.54) is 18.6 Å². The van der Waals surface area contributed by atoms with Gasteiger partial charge >= 0.3 is 6.61 Å². The maximum absolute atomic E-state index is 12.6. The van der Waals surface area contributed by atoms with Crippen LogP contribution in [0, 0.1) is 0 Å². The lowest BCUT2D eigenvalue weighted by atomic mass is 10.2. The molecular weight excluding hydrogens is 541 g/mol. The van der Waals surface area contributed by atoms with Crippen LogP contribution in [-0.4, -0.2) is 67.2 Å². The van der Waals surface area contributed by atoms with Crippen LogP contribution in [0.1, 0.15) is 18.3 Å². The first kappa shape index (κ1) is 25.3. The molecule has 1 aromatic heterocycles. The molecule has 8 nitrogen and oxygen atoms in total. The summed E-state index contributed by atoms with van der Waals surface area (Å²) in [6, 6.07) is 4.96. The van der Waals surface area contributed by atoms with E-state index in [1.807, 2.05) is 6.92 Å². The van der Waals surface area contributed by atoms with E-state index in [2.05, 4.69) is 34.2 Å². The van der Waals surface area contributed by atoms with Gasteiger partial charge in [-0.3, -0.25) is 4.99 Å². The number of alkyl halides is 2. The third-order valence-electron chi connectivity index (χ3n) is 4.73. The van der Waals surface area contributed by atoms with Gasteiger partial charge in [0.15, 0.2) is 17.5 Å². The van der Waals surface area contributed by atoms with Gasteiger partial charge in [-0.05, 0) is 17.7 Å². The monoisotopic (exact) mass is 568 g/mol. The molecule has 0 amide bonds. The standard InChI is InChI=1S/C19H26F2N6O2S.HI/c1-4-16-24-19(30-25-16)27-9-7-26(8-10-27)18(22-2)23-12-13-5-6-14(28-3)15(11-13)29-17(20)21;/h5-6,11,17H,4,7-10,12H2,1-3H3,(H,22,23);1H. The normalized spacial score (nSPS) is 14.5. The minimum atomic E-state index is -2.91. The lowest BCUT2D eigenvalue weighted by Crippen LogP contribution is -2.52. The van der Waals surface area contributed by atoms with Crippen molar-refractivity contribution in [1.29, 1.82) is 0 Å². The predicted octanol–water partition coefficient (Wildman–Crippen LogP) is 3.23. The summed E-state index contributed by atoms with van der Waals surface area (Å²) >= 11 is 1.44. The SMILES string of the molecule is CCc1nsc(N2CCN(C(=NC)NCc3ccc(OC)c(OC(F)F)c3)CC2)n1.I. The fraction of sp³-hybridized carbons (Fsp3) is 0.526. The summed E-state index contributed by atoms with van der Waals surface area (Å²) in [5, 5.41) is 4.25. The number of anilines is 1. The Morgan fingerprint density at radius 1 is 1.26 bits per heavy atom. The first-order valence-electron chi connectivity index (χ1n) is 9.68. The third-order valence-corrected chi connectivity index (χ3v) is 5.54. The second kappa shape index (κ2) is 12.2. The van der Waals surface area contributed by atoms with Gasteiger partial charge in [0, 0.05) is 57.7 Å². The molecule has 0 bridgehead atoms. The second-order valence-electron chi connectivity index (χ2n) is 6.59. The van der Waals surface area contributed by atoms with E-state index < -0.39 is 6.61 Å². The maximum atomic E-state index is 12.6. The maximum Gasteiger partial charge on any atom is 0.387 e. The molecule has 2 aromatic rings. The number of hydrogen-bond donors (Lipinski definition) is 1. The number of ether oxygens (including phenoxy) is 2. The van der Waals surface area contributed by atoms with Gasteiger partial charge < -0.3 is 24.6 Å². The van der Waals surface area contributed by atoms with Gasteiger partial charge in [-0.1, -0.05) is 13.0 Å². The molecule has 0 atom stereocenters. The molecule has 1 N–H and O–H groups in total. The quantitative estimate of drug-likeness (QED) is 0.313. The molecule has 0 radical (unpaired) electrons. The van der Waals surface area contributed by atoms with E-state index in [0.29, 0.717) is 6.54 Å². The van der Waals surface area contributed by atoms with E-state index in [-0.39, 0.29) is 35.5 Å². The number of benzene rings is 1. The van der Waals surface area contributed by atoms with Crippen LogP contribution in [0.15, 0.2) is 23.2 Å². The molecular formula is C19H27F2IN6O2S. The highest BCUT2D eigenvalue weighted by Gasteiger charge is 2.22. The molecule has 0 spiro atoms. The molecule has 2 heterocycles. The van der Waals surface area contributed by atoms with E-state index in [0.717, 1.165) is 55.1 Å². The van der Waals surface area contributed by atoms with Crippen molar-refractivity contribution in [1.82, 2.24) is 19.6 Å². The minimum Gasteiger partial charge on any atom is -0.493 e. The Balaban J connectivity index is 0.00000341. The number of guanidine groups is 1. The van der Waals surface area contributed by atoms with Crippen LogP contribution < -0.4 is 19.7 Å². The predicted molar refractivity (Wildman–Crippen MR) is 128 cm³/mol. The number of nitrogens with one attached hydrogen (secondary N) is 1. The highest BCUT2D eigenvalue weighted by molar-refractivity contribution is 14.0. The molecule has 1 aliphatic heterocycles. The zero-order chi connectivity index (χ0) is 21.5. The highest BCUT2D eigenvalue weighted by Crippen LogP contribution is 2.29. The average Bonchev–Trinajstić information content (AvgIpc) is 3.24. The summed E-state index contributed by atoms with van der Waals surface area (Å²) < 4.78 is 39.2. The van der Waals surface area contributed by atoms with Gasteiger partial charge in [0.1, 0.15) is 5.82 Å². The molecule has 3 rings (SSSR count). The van der Waals surface area contributed by atoms with Crippen molar-refractivity contribution in [2.75, 3.05) is 45.2 Å². The lowest BCUT2D eigenvalue weighted by molar-refractivity contribution is -0.0512. The largest absolute Gasteiger partial charge is 0.493 e. The summed E-state index contributed by atoms with van der Waals surface area (Å²) in [5.41, 5.74) is 0.784. The topological polar surface area (TPSA) is 75.1 Å². The number of methoxy groups -OCH3 is 1. The molecule has 172 valence electrons. The number of aliphatic imine (C=N–C) groups is 1. The number of halogens is 3. The second-order valence-corrected chi connectivity index (χ2v) is 7.32. The fourth-order valence-corrected chi connectivity index (χ4v) is 3.96. The summed E-state index contributed by atoms with van der Waals surface area (Å²) in [6.45, 7) is 2.80. The summed E-state index contributed by atoms with van der Waals surface area (Å²) in [4.78, 5) is 13.3. The number of aryl methyl sites for hydroxylation is 1. The van der Waals surface area contributed by atoms with E-state index >= 15 is 0 Å². The highest BCUT2D eigenvalue weighted by atomic mass is 127. The number of piperazine rings is 1. The number of hydrogen-bond acceptors (Lipinski definition) is 7. The van der Waals surface area contributed by atoms with Gasteiger partial charge in [0.2, 0.25) is 5.13 Å². The molecule has 0 unspecified atom stereocenters. The lowest BCUT2D eigenvalue weighted by Gasteiger charge is -2.36. The van der Waals surface area contributed by atoms with Crippen molar-refractivity contribution in [3.05, 3.63) is 29.6 Å². The van der Waals surface area contributed by atoms with Crippen molar-refractivity contribution < 1.29 is 18.3 Å². The minimum absolute atomic E-state index is 0. The molecule has 1 fully saturated rings. The molecule has 0 saturated carbocycles. The van der Waals surface area contributed by atoms with Crippen molar-refractivity contribution in [3.8, 4) is 11.5 Å². The number of rotatable bonds is 7. The molecule has 31 heavy (non-hydrogen) atoms. The molecule has 1 aromatic carbocycles. The van der Waals surface area contributed by atoms with E-state index in [9.17, 15) is 8.78 Å². The zero-order valence-electron chi connectivity index (χ0n) is 17.7. The van der Waals surface area contributed by atoms with Gasteiger partial charge in [-0.15, -0.1) is 24.0 Å². The summed E-state index contributed by atoms with van der Waals surface area (Å²) in [5.74, 6) is 1.92. The number of aromatic nitrogens is 2. The fourth-order valence-electron chi connectivity index (χ4n) is 3.16. The summed E-state index contributed by atoms with van der Waals surface area (Å²) in [7, 11) is 3.14. The molecule has 12 heteroatoms. The van der Waals surface area contributed by atoms with Crippen LogP contribution >= 0.6 is 35.5 Å². The van der Waals surface area contributed by atoms with Crippen LogP contribution in [0.5, 0.6) is 11.5 Å². The Morgan fingerprint density at radius 2 is 2.00 bits per heavy atom. The Morgan fingerprint density at radius 3 is 2.58 bits per heavy atom. The van der Waals surface area contributed by atoms with Crippen molar-refractivity contribution in [2.45, 2.75) is 26.5 Å². The van der Waals surface area contributed by atoms with Gasteiger partial charge in [-0.2, -0.15) is 13.2 Å².